The molecule has 1 heterocycles. The number of hydrogen-bond acceptors (Lipinski definition) is 4. The van der Waals surface area contributed by atoms with Gasteiger partial charge in [0.15, 0.2) is 5.11 Å². The van der Waals surface area contributed by atoms with Crippen LogP contribution in [0.25, 0.3) is 0 Å². The molecular formula is C26H28N2O2S2. The summed E-state index contributed by atoms with van der Waals surface area (Å²) in [6.07, 6.45) is 5.37. The van der Waals surface area contributed by atoms with Gasteiger partial charge in [0, 0.05) is 4.88 Å². The highest BCUT2D eigenvalue weighted by molar-refractivity contribution is 7.80. The number of benzene rings is 2. The number of esters is 1. The molecule has 1 aromatic heterocycles. The fraction of sp³-hybridized carbons (Fsp3) is 0.308. The smallest absolute Gasteiger partial charge is 0.341 e. The van der Waals surface area contributed by atoms with Crippen molar-refractivity contribution in [3.8, 4) is 0 Å². The number of ether oxygens (including phenoxy) is 1. The zero-order valence-electron chi connectivity index (χ0n) is 18.2. The van der Waals surface area contributed by atoms with Gasteiger partial charge in [0.1, 0.15) is 5.00 Å². The van der Waals surface area contributed by atoms with Gasteiger partial charge in [-0.05, 0) is 61.5 Å². The van der Waals surface area contributed by atoms with E-state index in [1.807, 2.05) is 43.3 Å². The van der Waals surface area contributed by atoms with Crippen molar-refractivity contribution in [2.45, 2.75) is 45.1 Å². The van der Waals surface area contributed by atoms with Gasteiger partial charge in [0.25, 0.3) is 0 Å². The molecule has 4 rings (SSSR count). The molecule has 0 aliphatic heterocycles. The molecule has 3 aromatic rings. The monoisotopic (exact) mass is 464 g/mol. The molecule has 0 saturated carbocycles. The van der Waals surface area contributed by atoms with Crippen LogP contribution in [0.4, 0.5) is 5.00 Å². The molecule has 2 aromatic carbocycles. The molecule has 0 unspecified atom stereocenters. The average Bonchev–Trinajstić information content (AvgIpc) is 2.98. The number of thiocarbonyl (C=S) groups is 1. The lowest BCUT2D eigenvalue weighted by molar-refractivity contribution is 0.0527. The van der Waals surface area contributed by atoms with E-state index in [2.05, 4.69) is 34.9 Å². The molecule has 0 spiro atoms. The molecule has 0 fully saturated rings. The maximum atomic E-state index is 12.8. The van der Waals surface area contributed by atoms with Crippen LogP contribution in [0.15, 0.2) is 60.7 Å². The highest BCUT2D eigenvalue weighted by atomic mass is 32.1. The number of carbonyl (C=O) groups is 1. The first-order valence-corrected chi connectivity index (χ1v) is 12.4. The second kappa shape index (κ2) is 10.7. The Labute approximate surface area is 199 Å². The predicted molar refractivity (Wildman–Crippen MR) is 136 cm³/mol. The number of rotatable bonds is 6. The molecule has 0 bridgehead atoms. The van der Waals surface area contributed by atoms with E-state index in [0.717, 1.165) is 47.4 Å². The summed E-state index contributed by atoms with van der Waals surface area (Å²) in [6, 6.07) is 20.4. The topological polar surface area (TPSA) is 50.4 Å². The average molecular weight is 465 g/mol. The van der Waals surface area contributed by atoms with Crippen LogP contribution in [0.3, 0.4) is 0 Å². The van der Waals surface area contributed by atoms with Crippen LogP contribution in [0.5, 0.6) is 0 Å². The van der Waals surface area contributed by atoms with Crippen LogP contribution >= 0.6 is 23.6 Å². The van der Waals surface area contributed by atoms with E-state index in [0.29, 0.717) is 17.3 Å². The third-order valence-corrected chi connectivity index (χ3v) is 7.10. The fourth-order valence-electron chi connectivity index (χ4n) is 4.17. The summed E-state index contributed by atoms with van der Waals surface area (Å²) in [6.45, 7) is 2.20. The number of thiophene rings is 1. The molecule has 0 amide bonds. The normalized spacial score (nSPS) is 13.2. The number of fused-ring (bicyclic) bond motifs is 1. The first-order chi connectivity index (χ1) is 15.7. The van der Waals surface area contributed by atoms with Crippen LogP contribution in [0, 0.1) is 0 Å². The Morgan fingerprint density at radius 3 is 2.25 bits per heavy atom. The van der Waals surface area contributed by atoms with Crippen molar-refractivity contribution in [1.29, 1.82) is 0 Å². The van der Waals surface area contributed by atoms with E-state index in [4.69, 9.17) is 17.0 Å². The lowest BCUT2D eigenvalue weighted by Gasteiger charge is -2.22. The molecule has 4 nitrogen and oxygen atoms in total. The summed E-state index contributed by atoms with van der Waals surface area (Å²) < 4.78 is 5.40. The van der Waals surface area contributed by atoms with Crippen LogP contribution < -0.4 is 10.6 Å². The molecule has 1 aliphatic rings. The van der Waals surface area contributed by atoms with Gasteiger partial charge in [-0.3, -0.25) is 0 Å². The van der Waals surface area contributed by atoms with E-state index < -0.39 is 0 Å². The van der Waals surface area contributed by atoms with E-state index in [1.165, 1.54) is 11.3 Å². The largest absolute Gasteiger partial charge is 0.462 e. The molecule has 6 heteroatoms. The van der Waals surface area contributed by atoms with Gasteiger partial charge in [-0.15, -0.1) is 11.3 Å². The maximum absolute atomic E-state index is 12.8. The van der Waals surface area contributed by atoms with Gasteiger partial charge < -0.3 is 15.4 Å². The zero-order valence-corrected chi connectivity index (χ0v) is 19.9. The Kier molecular flexibility index (Phi) is 7.55. The second-order valence-electron chi connectivity index (χ2n) is 7.84. The van der Waals surface area contributed by atoms with Gasteiger partial charge in [0.2, 0.25) is 0 Å². The number of carbonyl (C=O) groups excluding carboxylic acids is 1. The van der Waals surface area contributed by atoms with Crippen LogP contribution in [0.1, 0.15) is 64.2 Å². The molecule has 0 saturated heterocycles. The number of anilines is 1. The molecule has 166 valence electrons. The molecule has 2 N–H and O–H groups in total. The minimum Gasteiger partial charge on any atom is -0.462 e. The highest BCUT2D eigenvalue weighted by Crippen LogP contribution is 2.38. The van der Waals surface area contributed by atoms with Gasteiger partial charge >= 0.3 is 5.97 Å². The first kappa shape index (κ1) is 22.5. The molecule has 32 heavy (non-hydrogen) atoms. The fourth-order valence-corrected chi connectivity index (χ4v) is 5.74. The summed E-state index contributed by atoms with van der Waals surface area (Å²) in [5.74, 6) is -0.264. The predicted octanol–water partition coefficient (Wildman–Crippen LogP) is 6.27. The van der Waals surface area contributed by atoms with Crippen molar-refractivity contribution in [1.82, 2.24) is 5.32 Å². The van der Waals surface area contributed by atoms with Crippen molar-refractivity contribution in [2.75, 3.05) is 11.9 Å². The van der Waals surface area contributed by atoms with Crippen molar-refractivity contribution >= 4 is 39.6 Å². The lowest BCUT2D eigenvalue weighted by atomic mass is 9.99. The van der Waals surface area contributed by atoms with Gasteiger partial charge in [0.05, 0.1) is 18.2 Å². The summed E-state index contributed by atoms with van der Waals surface area (Å²) in [5.41, 5.74) is 4.04. The van der Waals surface area contributed by atoms with Gasteiger partial charge in [-0.25, -0.2) is 4.79 Å². The Morgan fingerprint density at radius 1 is 1.00 bits per heavy atom. The van der Waals surface area contributed by atoms with Crippen molar-refractivity contribution in [3.05, 3.63) is 87.8 Å². The Bertz CT molecular complexity index is 1020. The second-order valence-corrected chi connectivity index (χ2v) is 9.36. The summed E-state index contributed by atoms with van der Waals surface area (Å²) in [4.78, 5) is 14.1. The number of hydrogen-bond donors (Lipinski definition) is 2. The summed E-state index contributed by atoms with van der Waals surface area (Å²) in [7, 11) is 0. The van der Waals surface area contributed by atoms with Crippen molar-refractivity contribution in [3.63, 3.8) is 0 Å². The Balaban J connectivity index is 1.61. The Hall–Kier alpha value is -2.70. The number of nitrogens with one attached hydrogen (secondary N) is 2. The third kappa shape index (κ3) is 5.19. The quantitative estimate of drug-likeness (QED) is 0.256. The van der Waals surface area contributed by atoms with Crippen LogP contribution in [-0.4, -0.2) is 17.7 Å². The molecule has 0 radical (unpaired) electrons. The SMILES string of the molecule is CCOC(=O)c1c(NC(=S)NC(c2ccccc2)c2ccccc2)sc2c1CCCCC2. The summed E-state index contributed by atoms with van der Waals surface area (Å²) in [5, 5.41) is 8.07. The standard InChI is InChI=1S/C26H28N2O2S2/c1-2-30-25(29)22-20-16-10-5-11-17-21(20)32-24(22)28-26(31)27-23(18-12-6-3-7-13-18)19-14-8-4-9-15-19/h3-4,6-9,12-15,23H,2,5,10-11,16-17H2,1H3,(H2,27,28,31). The van der Waals surface area contributed by atoms with Crippen LogP contribution in [0.2, 0.25) is 0 Å². The lowest BCUT2D eigenvalue weighted by Crippen LogP contribution is -2.33. The minimum atomic E-state index is -0.264. The summed E-state index contributed by atoms with van der Waals surface area (Å²) >= 11 is 7.36. The molecular weight excluding hydrogens is 436 g/mol. The van der Waals surface area contributed by atoms with E-state index in [9.17, 15) is 4.79 Å². The van der Waals surface area contributed by atoms with Gasteiger partial charge in [-0.1, -0.05) is 67.1 Å². The Morgan fingerprint density at radius 2 is 1.62 bits per heavy atom. The zero-order chi connectivity index (χ0) is 22.3. The van der Waals surface area contributed by atoms with E-state index in [1.54, 1.807) is 11.3 Å². The van der Waals surface area contributed by atoms with E-state index >= 15 is 0 Å². The maximum Gasteiger partial charge on any atom is 0.341 e. The molecule has 0 atom stereocenters. The first-order valence-electron chi connectivity index (χ1n) is 11.2. The van der Waals surface area contributed by atoms with Crippen LogP contribution in [-0.2, 0) is 17.6 Å². The minimum absolute atomic E-state index is 0.0961. The highest BCUT2D eigenvalue weighted by Gasteiger charge is 2.26. The van der Waals surface area contributed by atoms with Gasteiger partial charge in [-0.2, -0.15) is 0 Å². The van der Waals surface area contributed by atoms with Crippen molar-refractivity contribution < 1.29 is 9.53 Å². The van der Waals surface area contributed by atoms with E-state index in [-0.39, 0.29) is 12.0 Å². The third-order valence-electron chi connectivity index (χ3n) is 5.67. The van der Waals surface area contributed by atoms with Crippen molar-refractivity contribution in [2.24, 2.45) is 0 Å². The molecule has 1 aliphatic carbocycles. The number of aryl methyl sites for hydroxylation is 1.